The molecule has 1 aromatic heterocycles. The number of esters is 1. The molecule has 0 radical (unpaired) electrons. The minimum Gasteiger partial charge on any atom is -0.504 e. The van der Waals surface area contributed by atoms with Gasteiger partial charge in [0.05, 0.1) is 0 Å². The summed E-state index contributed by atoms with van der Waals surface area (Å²) in [5, 5.41) is 21.5. The fourth-order valence-corrected chi connectivity index (χ4v) is 1.69. The second-order valence-electron chi connectivity index (χ2n) is 3.11. The largest absolute Gasteiger partial charge is 0.504 e. The lowest BCUT2D eigenvalue weighted by atomic mass is 10.3. The number of aromatic nitrogens is 2. The number of phenolic OH excluding ortho intramolecular Hbond substituents is 1. The molecule has 0 unspecified atom stereocenters. The summed E-state index contributed by atoms with van der Waals surface area (Å²) in [6, 6.07) is 5.84. The number of nitrogens with zero attached hydrogens (tertiary/aromatic N) is 2. The number of para-hydroxylation sites is 2. The number of carbonyl (C=O) groups excluding carboxylic acids is 1. The molecule has 8 heteroatoms. The van der Waals surface area contributed by atoms with E-state index >= 15 is 0 Å². The van der Waals surface area contributed by atoms with Gasteiger partial charge in [0, 0.05) is 0 Å². The minimum absolute atomic E-state index is 0.0627. The quantitative estimate of drug-likeness (QED) is 0.633. The summed E-state index contributed by atoms with van der Waals surface area (Å²) in [6.45, 7) is 0. The first-order valence-electron chi connectivity index (χ1n) is 4.65. The van der Waals surface area contributed by atoms with Crippen molar-refractivity contribution in [1.82, 2.24) is 9.59 Å². The van der Waals surface area contributed by atoms with Crippen LogP contribution in [0.2, 0.25) is 0 Å². The number of phenols is 1. The summed E-state index contributed by atoms with van der Waals surface area (Å²) in [7, 11) is 0. The molecule has 2 N–H and O–H groups in total. The van der Waals surface area contributed by atoms with Crippen LogP contribution in [-0.2, 0) is 0 Å². The van der Waals surface area contributed by atoms with Gasteiger partial charge in [-0.1, -0.05) is 16.6 Å². The second-order valence-corrected chi connectivity index (χ2v) is 3.87. The third-order valence-corrected chi connectivity index (χ3v) is 2.65. The third-order valence-electron chi connectivity index (χ3n) is 1.94. The van der Waals surface area contributed by atoms with Gasteiger partial charge >= 0.3 is 11.9 Å². The molecule has 0 aliphatic rings. The zero-order valence-corrected chi connectivity index (χ0v) is 9.55. The molecule has 0 atom stereocenters. The smallest absolute Gasteiger partial charge is 0.358 e. The van der Waals surface area contributed by atoms with E-state index in [0.29, 0.717) is 11.5 Å². The SMILES string of the molecule is O=C(O)c1nnsc1C(=O)Oc1ccccc1O. The second kappa shape index (κ2) is 4.80. The van der Waals surface area contributed by atoms with E-state index in [1.807, 2.05) is 0 Å². The number of carboxylic acids is 1. The Kier molecular flexibility index (Phi) is 3.20. The van der Waals surface area contributed by atoms with Gasteiger partial charge in [-0.05, 0) is 23.7 Å². The molecule has 18 heavy (non-hydrogen) atoms. The minimum atomic E-state index is -1.37. The van der Waals surface area contributed by atoms with E-state index < -0.39 is 17.6 Å². The van der Waals surface area contributed by atoms with Gasteiger partial charge < -0.3 is 14.9 Å². The van der Waals surface area contributed by atoms with Gasteiger partial charge in [-0.2, -0.15) is 0 Å². The Labute approximate surface area is 104 Å². The molecule has 2 rings (SSSR count). The van der Waals surface area contributed by atoms with E-state index in [9.17, 15) is 14.7 Å². The van der Waals surface area contributed by atoms with Crippen LogP contribution in [0.4, 0.5) is 0 Å². The fourth-order valence-electron chi connectivity index (χ4n) is 1.15. The lowest BCUT2D eigenvalue weighted by Gasteiger charge is -2.04. The molecule has 0 saturated carbocycles. The number of carbonyl (C=O) groups is 2. The molecule has 0 amide bonds. The number of carboxylic acid groups (broad SMARTS) is 1. The maximum Gasteiger partial charge on any atom is 0.358 e. The summed E-state index contributed by atoms with van der Waals surface area (Å²) < 4.78 is 8.23. The zero-order chi connectivity index (χ0) is 13.1. The molecule has 0 saturated heterocycles. The maximum atomic E-state index is 11.7. The van der Waals surface area contributed by atoms with Gasteiger partial charge in [-0.3, -0.25) is 0 Å². The van der Waals surface area contributed by atoms with Crippen LogP contribution in [0.25, 0.3) is 0 Å². The Hall–Kier alpha value is -2.48. The van der Waals surface area contributed by atoms with Gasteiger partial charge in [-0.25, -0.2) is 9.59 Å². The van der Waals surface area contributed by atoms with E-state index in [-0.39, 0.29) is 16.4 Å². The highest BCUT2D eigenvalue weighted by Crippen LogP contribution is 2.26. The molecule has 1 heterocycles. The summed E-state index contributed by atoms with van der Waals surface area (Å²) in [5.74, 6) is -2.58. The number of ether oxygens (including phenoxy) is 1. The molecule has 2 aromatic rings. The summed E-state index contributed by atoms with van der Waals surface area (Å²) in [6.07, 6.45) is 0. The lowest BCUT2D eigenvalue weighted by molar-refractivity contribution is 0.0664. The monoisotopic (exact) mass is 266 g/mol. The van der Waals surface area contributed by atoms with E-state index in [1.54, 1.807) is 12.1 Å². The van der Waals surface area contributed by atoms with Crippen molar-refractivity contribution in [3.8, 4) is 11.5 Å². The highest BCUT2D eigenvalue weighted by molar-refractivity contribution is 7.08. The van der Waals surface area contributed by atoms with E-state index in [1.165, 1.54) is 12.1 Å². The lowest BCUT2D eigenvalue weighted by Crippen LogP contribution is -2.12. The van der Waals surface area contributed by atoms with E-state index in [4.69, 9.17) is 9.84 Å². The van der Waals surface area contributed by atoms with Crippen LogP contribution in [0.15, 0.2) is 24.3 Å². The highest BCUT2D eigenvalue weighted by Gasteiger charge is 2.23. The van der Waals surface area contributed by atoms with Crippen LogP contribution in [0.3, 0.4) is 0 Å². The van der Waals surface area contributed by atoms with Crippen molar-refractivity contribution in [3.05, 3.63) is 34.8 Å². The fraction of sp³-hybridized carbons (Fsp3) is 0. The number of rotatable bonds is 3. The number of hydrogen-bond acceptors (Lipinski definition) is 7. The first-order chi connectivity index (χ1) is 8.59. The van der Waals surface area contributed by atoms with Gasteiger partial charge in [0.1, 0.15) is 0 Å². The Morgan fingerprint density at radius 3 is 2.67 bits per heavy atom. The van der Waals surface area contributed by atoms with Crippen molar-refractivity contribution in [1.29, 1.82) is 0 Å². The molecular weight excluding hydrogens is 260 g/mol. The first kappa shape index (κ1) is 12.0. The van der Waals surface area contributed by atoms with Gasteiger partial charge in [-0.15, -0.1) is 5.10 Å². The Morgan fingerprint density at radius 2 is 2.00 bits per heavy atom. The van der Waals surface area contributed by atoms with Crippen LogP contribution >= 0.6 is 11.5 Å². The number of aromatic carboxylic acids is 1. The Bertz CT molecular complexity index is 610. The summed E-state index contributed by atoms with van der Waals surface area (Å²) in [5.41, 5.74) is -0.472. The standard InChI is InChI=1S/C10H6N2O5S/c13-5-3-1-2-4-6(5)17-10(16)8-7(9(14)15)11-12-18-8/h1-4,13H,(H,14,15). The van der Waals surface area contributed by atoms with Crippen LogP contribution in [0.1, 0.15) is 20.2 Å². The van der Waals surface area contributed by atoms with Gasteiger partial charge in [0.15, 0.2) is 22.1 Å². The maximum absolute atomic E-state index is 11.7. The summed E-state index contributed by atoms with van der Waals surface area (Å²) >= 11 is 0.613. The van der Waals surface area contributed by atoms with Crippen molar-refractivity contribution < 1.29 is 24.5 Å². The molecule has 0 bridgehead atoms. The third kappa shape index (κ3) is 2.28. The molecule has 0 aliphatic heterocycles. The van der Waals surface area contributed by atoms with Crippen molar-refractivity contribution >= 4 is 23.5 Å². The van der Waals surface area contributed by atoms with Crippen LogP contribution < -0.4 is 4.74 Å². The molecule has 0 aliphatic carbocycles. The average Bonchev–Trinajstić information content (AvgIpc) is 2.81. The van der Waals surface area contributed by atoms with Gasteiger partial charge in [0.25, 0.3) is 0 Å². The highest BCUT2D eigenvalue weighted by atomic mass is 32.1. The zero-order valence-electron chi connectivity index (χ0n) is 8.73. The Balaban J connectivity index is 2.25. The molecule has 1 aromatic carbocycles. The van der Waals surface area contributed by atoms with Crippen molar-refractivity contribution in [2.45, 2.75) is 0 Å². The van der Waals surface area contributed by atoms with E-state index in [0.717, 1.165) is 0 Å². The van der Waals surface area contributed by atoms with Crippen LogP contribution in [0.5, 0.6) is 11.5 Å². The van der Waals surface area contributed by atoms with Crippen LogP contribution in [0, 0.1) is 0 Å². The Morgan fingerprint density at radius 1 is 1.28 bits per heavy atom. The van der Waals surface area contributed by atoms with Crippen molar-refractivity contribution in [2.24, 2.45) is 0 Å². The number of benzene rings is 1. The van der Waals surface area contributed by atoms with E-state index in [2.05, 4.69) is 9.59 Å². The number of aromatic hydroxyl groups is 1. The molecule has 0 fully saturated rings. The molecular formula is C10H6N2O5S. The molecule has 0 spiro atoms. The molecule has 92 valence electrons. The first-order valence-corrected chi connectivity index (χ1v) is 5.42. The number of hydrogen-bond donors (Lipinski definition) is 2. The average molecular weight is 266 g/mol. The van der Waals surface area contributed by atoms with Crippen LogP contribution in [-0.4, -0.2) is 31.7 Å². The van der Waals surface area contributed by atoms with Gasteiger partial charge in [0.2, 0.25) is 0 Å². The van der Waals surface area contributed by atoms with Crippen molar-refractivity contribution in [3.63, 3.8) is 0 Å². The topological polar surface area (TPSA) is 110 Å². The molecule has 7 nitrogen and oxygen atoms in total. The summed E-state index contributed by atoms with van der Waals surface area (Å²) in [4.78, 5) is 22.2. The predicted molar refractivity (Wildman–Crippen MR) is 59.9 cm³/mol. The normalized spacial score (nSPS) is 10.0. The van der Waals surface area contributed by atoms with Crippen molar-refractivity contribution in [2.75, 3.05) is 0 Å². The predicted octanol–water partition coefficient (Wildman–Crippen LogP) is 1.16.